The van der Waals surface area contributed by atoms with Gasteiger partial charge in [-0.15, -0.1) is 0 Å². The molecular weight excluding hydrogens is 274 g/mol. The van der Waals surface area contributed by atoms with Crippen molar-refractivity contribution in [3.05, 3.63) is 71.8 Å². The zero-order valence-corrected chi connectivity index (χ0v) is 12.8. The number of morpholine rings is 1. The lowest BCUT2D eigenvalue weighted by atomic mass is 9.89. The van der Waals surface area contributed by atoms with Crippen molar-refractivity contribution in [1.29, 1.82) is 0 Å². The summed E-state index contributed by atoms with van der Waals surface area (Å²) < 4.78 is 5.46. The summed E-state index contributed by atoms with van der Waals surface area (Å²) in [5, 5.41) is 0. The van der Waals surface area contributed by atoms with Crippen LogP contribution in [0, 0.1) is 0 Å². The fraction of sp³-hybridized carbons (Fsp3) is 0.316. The molecule has 2 aromatic rings. The number of hydrogen-bond donors (Lipinski definition) is 0. The molecule has 3 heteroatoms. The number of benzene rings is 2. The van der Waals surface area contributed by atoms with Gasteiger partial charge in [0.05, 0.1) is 25.2 Å². The van der Waals surface area contributed by atoms with E-state index >= 15 is 0 Å². The number of carbonyl (C=O) groups excluding carboxylic acids is 1. The van der Waals surface area contributed by atoms with Crippen molar-refractivity contribution >= 4 is 5.91 Å². The molecule has 3 nitrogen and oxygen atoms in total. The maximum Gasteiger partial charge on any atom is 0.234 e. The Labute approximate surface area is 131 Å². The Morgan fingerprint density at radius 2 is 1.59 bits per heavy atom. The summed E-state index contributed by atoms with van der Waals surface area (Å²) in [5.41, 5.74) is 2.08. The Morgan fingerprint density at radius 3 is 2.09 bits per heavy atom. The summed E-state index contributed by atoms with van der Waals surface area (Å²) in [5.74, 6) is -0.0869. The van der Waals surface area contributed by atoms with Gasteiger partial charge >= 0.3 is 0 Å². The first kappa shape index (κ1) is 14.8. The van der Waals surface area contributed by atoms with Crippen molar-refractivity contribution in [2.24, 2.45) is 0 Å². The molecule has 22 heavy (non-hydrogen) atoms. The molecule has 0 saturated carbocycles. The molecule has 114 valence electrons. The van der Waals surface area contributed by atoms with Crippen LogP contribution in [0.15, 0.2) is 60.7 Å². The van der Waals surface area contributed by atoms with E-state index < -0.39 is 0 Å². The van der Waals surface area contributed by atoms with Crippen LogP contribution in [0.25, 0.3) is 0 Å². The van der Waals surface area contributed by atoms with Gasteiger partial charge in [-0.05, 0) is 18.1 Å². The first-order valence-corrected chi connectivity index (χ1v) is 7.75. The number of carbonyl (C=O) groups is 1. The maximum atomic E-state index is 13.2. The lowest BCUT2D eigenvalue weighted by molar-refractivity contribution is -0.139. The van der Waals surface area contributed by atoms with Crippen LogP contribution in [0.1, 0.15) is 24.0 Å². The van der Waals surface area contributed by atoms with E-state index in [-0.39, 0.29) is 17.9 Å². The Balaban J connectivity index is 1.97. The van der Waals surface area contributed by atoms with Crippen molar-refractivity contribution in [2.75, 3.05) is 19.8 Å². The highest BCUT2D eigenvalue weighted by atomic mass is 16.5. The van der Waals surface area contributed by atoms with Crippen molar-refractivity contribution in [3.63, 3.8) is 0 Å². The Morgan fingerprint density at radius 1 is 1.05 bits per heavy atom. The smallest absolute Gasteiger partial charge is 0.234 e. The van der Waals surface area contributed by atoms with Crippen molar-refractivity contribution < 1.29 is 9.53 Å². The lowest BCUT2D eigenvalue weighted by Crippen LogP contribution is -2.49. The van der Waals surface area contributed by atoms with Crippen LogP contribution in [0.4, 0.5) is 0 Å². The fourth-order valence-corrected chi connectivity index (χ4v) is 2.99. The molecule has 0 bridgehead atoms. The largest absolute Gasteiger partial charge is 0.377 e. The normalized spacial score (nSPS) is 18.5. The molecule has 1 fully saturated rings. The average Bonchev–Trinajstić information content (AvgIpc) is 2.57. The summed E-state index contributed by atoms with van der Waals surface area (Å²) in [7, 11) is 0. The Bertz CT molecular complexity index is 572. The van der Waals surface area contributed by atoms with Gasteiger partial charge in [-0.25, -0.2) is 0 Å². The summed E-state index contributed by atoms with van der Waals surface area (Å²) >= 11 is 0. The molecule has 1 atom stereocenters. The third-order valence-corrected chi connectivity index (χ3v) is 4.16. The average molecular weight is 295 g/mol. The summed E-state index contributed by atoms with van der Waals surface area (Å²) in [6, 6.07) is 20.1. The zero-order chi connectivity index (χ0) is 15.4. The van der Waals surface area contributed by atoms with E-state index in [9.17, 15) is 4.79 Å². The third kappa shape index (κ3) is 3.04. The second-order valence-corrected chi connectivity index (χ2v) is 5.71. The Hall–Kier alpha value is -2.13. The fourth-order valence-electron chi connectivity index (χ4n) is 2.99. The molecule has 0 aliphatic carbocycles. The summed E-state index contributed by atoms with van der Waals surface area (Å²) in [4.78, 5) is 15.1. The van der Waals surface area contributed by atoms with E-state index in [0.29, 0.717) is 19.8 Å². The van der Waals surface area contributed by atoms with Gasteiger partial charge in [-0.2, -0.15) is 0 Å². The SMILES string of the molecule is CC1COCCN1C(=O)C(c1ccccc1)c1ccccc1. The molecule has 0 radical (unpaired) electrons. The molecule has 1 amide bonds. The van der Waals surface area contributed by atoms with Gasteiger partial charge < -0.3 is 9.64 Å². The van der Waals surface area contributed by atoms with Crippen LogP contribution < -0.4 is 0 Å². The van der Waals surface area contributed by atoms with E-state index in [1.54, 1.807) is 0 Å². The molecule has 2 aromatic carbocycles. The van der Waals surface area contributed by atoms with E-state index in [1.165, 1.54) is 0 Å². The van der Waals surface area contributed by atoms with Crippen LogP contribution in [0.5, 0.6) is 0 Å². The van der Waals surface area contributed by atoms with Crippen molar-refractivity contribution in [3.8, 4) is 0 Å². The quantitative estimate of drug-likeness (QED) is 0.871. The van der Waals surface area contributed by atoms with E-state index in [1.807, 2.05) is 72.5 Å². The highest BCUT2D eigenvalue weighted by Gasteiger charge is 2.31. The molecule has 1 aliphatic rings. The van der Waals surface area contributed by atoms with E-state index in [4.69, 9.17) is 4.74 Å². The number of ether oxygens (including phenoxy) is 1. The Kier molecular flexibility index (Phi) is 4.54. The van der Waals surface area contributed by atoms with Crippen molar-refractivity contribution in [2.45, 2.75) is 18.9 Å². The maximum absolute atomic E-state index is 13.2. The van der Waals surface area contributed by atoms with Gasteiger partial charge in [-0.1, -0.05) is 60.7 Å². The number of rotatable bonds is 3. The molecule has 1 saturated heterocycles. The molecule has 0 N–H and O–H groups in total. The molecule has 0 spiro atoms. The second-order valence-electron chi connectivity index (χ2n) is 5.71. The molecular formula is C19H21NO2. The monoisotopic (exact) mass is 295 g/mol. The van der Waals surface area contributed by atoms with Crippen LogP contribution in [-0.2, 0) is 9.53 Å². The van der Waals surface area contributed by atoms with Gasteiger partial charge in [0, 0.05) is 6.54 Å². The third-order valence-electron chi connectivity index (χ3n) is 4.16. The number of hydrogen-bond acceptors (Lipinski definition) is 2. The predicted octanol–water partition coefficient (Wildman–Crippen LogP) is 3.07. The topological polar surface area (TPSA) is 29.5 Å². The summed E-state index contributed by atoms with van der Waals surface area (Å²) in [6.45, 7) is 3.94. The molecule has 1 aliphatic heterocycles. The van der Waals surface area contributed by atoms with Gasteiger partial charge in [0.25, 0.3) is 0 Å². The van der Waals surface area contributed by atoms with Crippen LogP contribution in [-0.4, -0.2) is 36.6 Å². The van der Waals surface area contributed by atoms with Gasteiger partial charge in [0.1, 0.15) is 0 Å². The van der Waals surface area contributed by atoms with Crippen LogP contribution >= 0.6 is 0 Å². The lowest BCUT2D eigenvalue weighted by Gasteiger charge is -2.36. The minimum atomic E-state index is -0.247. The standard InChI is InChI=1S/C19H21NO2/c1-15-14-22-13-12-20(15)19(21)18(16-8-4-2-5-9-16)17-10-6-3-7-11-17/h2-11,15,18H,12-14H2,1H3. The van der Waals surface area contributed by atoms with Crippen LogP contribution in [0.3, 0.4) is 0 Å². The highest BCUT2D eigenvalue weighted by molar-refractivity contribution is 5.87. The summed E-state index contributed by atoms with van der Waals surface area (Å²) in [6.07, 6.45) is 0. The minimum absolute atomic E-state index is 0.121. The van der Waals surface area contributed by atoms with Gasteiger partial charge in [-0.3, -0.25) is 4.79 Å². The first-order valence-electron chi connectivity index (χ1n) is 7.75. The molecule has 1 heterocycles. The molecule has 1 unspecified atom stereocenters. The minimum Gasteiger partial charge on any atom is -0.377 e. The van der Waals surface area contributed by atoms with Crippen LogP contribution in [0.2, 0.25) is 0 Å². The van der Waals surface area contributed by atoms with E-state index in [0.717, 1.165) is 11.1 Å². The first-order chi connectivity index (χ1) is 10.8. The number of nitrogens with zero attached hydrogens (tertiary/aromatic N) is 1. The molecule has 3 rings (SSSR count). The predicted molar refractivity (Wildman–Crippen MR) is 86.7 cm³/mol. The molecule has 0 aromatic heterocycles. The van der Waals surface area contributed by atoms with Gasteiger partial charge in [0.2, 0.25) is 5.91 Å². The zero-order valence-electron chi connectivity index (χ0n) is 12.8. The number of amides is 1. The van der Waals surface area contributed by atoms with Crippen molar-refractivity contribution in [1.82, 2.24) is 4.90 Å². The van der Waals surface area contributed by atoms with E-state index in [2.05, 4.69) is 0 Å². The second kappa shape index (κ2) is 6.75. The van der Waals surface area contributed by atoms with Gasteiger partial charge in [0.15, 0.2) is 0 Å². The highest BCUT2D eigenvalue weighted by Crippen LogP contribution is 2.28.